The maximum absolute atomic E-state index is 13.4. The first-order chi connectivity index (χ1) is 17.0. The second-order valence-corrected chi connectivity index (χ2v) is 9.98. The van der Waals surface area contributed by atoms with Crippen molar-refractivity contribution in [1.82, 2.24) is 10.2 Å². The van der Waals surface area contributed by atoms with Gasteiger partial charge in [0.25, 0.3) is 0 Å². The number of likely N-dealkylation sites (tertiary alicyclic amines) is 1. The van der Waals surface area contributed by atoms with Gasteiger partial charge >= 0.3 is 12.1 Å². The number of fused-ring (bicyclic) bond motifs is 4. The molecule has 2 aromatic carbocycles. The van der Waals surface area contributed by atoms with Crippen molar-refractivity contribution in [2.75, 3.05) is 26.4 Å². The zero-order valence-corrected chi connectivity index (χ0v) is 19.3. The van der Waals surface area contributed by atoms with E-state index in [0.29, 0.717) is 13.0 Å². The second-order valence-electron chi connectivity index (χ2n) is 9.98. The summed E-state index contributed by atoms with van der Waals surface area (Å²) in [5.74, 6) is -1.84. The number of rotatable bonds is 5. The number of carboxylic acids is 1. The number of alkyl carbamates (subject to hydrolysis) is 1. The van der Waals surface area contributed by atoms with Crippen LogP contribution < -0.4 is 5.32 Å². The summed E-state index contributed by atoms with van der Waals surface area (Å²) >= 11 is 0. The number of hydrogen-bond donors (Lipinski definition) is 2. The lowest BCUT2D eigenvalue weighted by Gasteiger charge is -2.36. The summed E-state index contributed by atoms with van der Waals surface area (Å²) in [5, 5.41) is 12.6. The first-order valence-electron chi connectivity index (χ1n) is 12.2. The van der Waals surface area contributed by atoms with Gasteiger partial charge < -0.3 is 24.8 Å². The van der Waals surface area contributed by atoms with Crippen LogP contribution >= 0.6 is 0 Å². The van der Waals surface area contributed by atoms with Gasteiger partial charge in [-0.15, -0.1) is 0 Å². The summed E-state index contributed by atoms with van der Waals surface area (Å²) in [7, 11) is 0. The Morgan fingerprint density at radius 3 is 2.43 bits per heavy atom. The SMILES string of the molecule is O=C(NC1COCC1C(=O)N1CCC[C@@H]2C[C@@]21C(=O)O)OCC1c2ccccc2-c2ccccc21. The average Bonchev–Trinajstić information content (AvgIpc) is 3.34. The highest BCUT2D eigenvalue weighted by atomic mass is 16.5. The first kappa shape index (κ1) is 22.1. The third kappa shape index (κ3) is 3.50. The smallest absolute Gasteiger partial charge is 0.407 e. The Hall–Kier alpha value is -3.39. The van der Waals surface area contributed by atoms with Crippen LogP contribution in [0.25, 0.3) is 11.1 Å². The number of aliphatic carboxylic acids is 1. The molecule has 2 saturated heterocycles. The number of carboxylic acid groups (broad SMARTS) is 1. The second kappa shape index (κ2) is 8.37. The molecule has 0 radical (unpaired) electrons. The maximum Gasteiger partial charge on any atom is 0.407 e. The van der Waals surface area contributed by atoms with Gasteiger partial charge in [0.2, 0.25) is 5.91 Å². The Bertz CT molecular complexity index is 1150. The van der Waals surface area contributed by atoms with Crippen molar-refractivity contribution < 1.29 is 29.0 Å². The minimum atomic E-state index is -1.08. The molecule has 2 aliphatic heterocycles. The molecule has 0 aromatic heterocycles. The Labute approximate surface area is 203 Å². The van der Waals surface area contributed by atoms with Crippen LogP contribution in [0.2, 0.25) is 0 Å². The van der Waals surface area contributed by atoms with Crippen molar-refractivity contribution in [3.05, 3.63) is 59.7 Å². The molecule has 35 heavy (non-hydrogen) atoms. The Balaban J connectivity index is 1.12. The van der Waals surface area contributed by atoms with Crippen LogP contribution in [-0.4, -0.2) is 65.9 Å². The van der Waals surface area contributed by atoms with Crippen LogP contribution in [0.1, 0.15) is 36.3 Å². The molecule has 2 amide bonds. The quantitative estimate of drug-likeness (QED) is 0.688. The highest BCUT2D eigenvalue weighted by Crippen LogP contribution is 2.54. The lowest BCUT2D eigenvalue weighted by atomic mass is 9.96. The molecule has 2 N–H and O–H groups in total. The van der Waals surface area contributed by atoms with Gasteiger partial charge in [0.05, 0.1) is 25.2 Å². The van der Waals surface area contributed by atoms with Gasteiger partial charge in [0.15, 0.2) is 0 Å². The summed E-state index contributed by atoms with van der Waals surface area (Å²) in [6.45, 7) is 0.958. The number of nitrogens with one attached hydrogen (secondary N) is 1. The largest absolute Gasteiger partial charge is 0.479 e. The van der Waals surface area contributed by atoms with Gasteiger partial charge in [0, 0.05) is 12.5 Å². The van der Waals surface area contributed by atoms with Crippen LogP contribution in [0.3, 0.4) is 0 Å². The number of carbonyl (C=O) groups is 3. The van der Waals surface area contributed by atoms with E-state index in [9.17, 15) is 19.5 Å². The number of ether oxygens (including phenoxy) is 2. The molecule has 8 nitrogen and oxygen atoms in total. The maximum atomic E-state index is 13.4. The zero-order chi connectivity index (χ0) is 24.2. The number of amides is 2. The highest BCUT2D eigenvalue weighted by molar-refractivity contribution is 5.92. The van der Waals surface area contributed by atoms with Crippen molar-refractivity contribution in [3.8, 4) is 11.1 Å². The summed E-state index contributed by atoms with van der Waals surface area (Å²) in [6.07, 6.45) is 1.53. The predicted octanol–water partition coefficient (Wildman–Crippen LogP) is 3.01. The molecule has 0 bridgehead atoms. The monoisotopic (exact) mass is 476 g/mol. The van der Waals surface area contributed by atoms with Gasteiger partial charge in [-0.05, 0) is 47.4 Å². The van der Waals surface area contributed by atoms with E-state index in [2.05, 4.69) is 29.6 Å². The fraction of sp³-hybridized carbons (Fsp3) is 0.444. The van der Waals surface area contributed by atoms with Gasteiger partial charge in [-0.25, -0.2) is 9.59 Å². The van der Waals surface area contributed by atoms with Crippen LogP contribution in [0, 0.1) is 11.8 Å². The molecular weight excluding hydrogens is 448 g/mol. The minimum Gasteiger partial charge on any atom is -0.479 e. The standard InChI is InChI=1S/C27H28N2O6/c30-24(29-11-5-6-16-12-27(16,29)25(31)32)22-13-34-15-23(22)28-26(33)35-14-21-19-9-3-1-7-17(19)18-8-2-4-10-20(18)21/h1-4,7-10,16,21-23H,5-6,11-15H2,(H,28,33)(H,31,32)/t16-,22?,23?,27+/m1/s1. The van der Waals surface area contributed by atoms with E-state index in [0.717, 1.165) is 35.1 Å². The molecule has 8 heteroatoms. The molecule has 2 aromatic rings. The molecule has 0 spiro atoms. The number of hydrogen-bond acceptors (Lipinski definition) is 5. The van der Waals surface area contributed by atoms with Crippen molar-refractivity contribution in [2.24, 2.45) is 11.8 Å². The Morgan fingerprint density at radius 1 is 1.06 bits per heavy atom. The van der Waals surface area contributed by atoms with Gasteiger partial charge in [0.1, 0.15) is 12.1 Å². The Kier molecular flexibility index (Phi) is 5.29. The topological polar surface area (TPSA) is 105 Å². The number of carbonyl (C=O) groups excluding carboxylic acids is 2. The minimum absolute atomic E-state index is 0.0218. The summed E-state index contributed by atoms with van der Waals surface area (Å²) in [5.41, 5.74) is 3.48. The predicted molar refractivity (Wildman–Crippen MR) is 126 cm³/mol. The van der Waals surface area contributed by atoms with E-state index in [1.165, 1.54) is 4.90 Å². The molecule has 2 aliphatic carbocycles. The third-order valence-corrected chi connectivity index (χ3v) is 8.17. The fourth-order valence-electron chi connectivity index (χ4n) is 6.30. The van der Waals surface area contributed by atoms with Gasteiger partial charge in [-0.2, -0.15) is 0 Å². The molecule has 4 aliphatic rings. The van der Waals surface area contributed by atoms with Crippen molar-refractivity contribution in [3.63, 3.8) is 0 Å². The lowest BCUT2D eigenvalue weighted by molar-refractivity contribution is -0.156. The van der Waals surface area contributed by atoms with E-state index in [1.54, 1.807) is 0 Å². The molecule has 2 unspecified atom stereocenters. The number of benzene rings is 2. The van der Waals surface area contributed by atoms with Crippen molar-refractivity contribution in [2.45, 2.75) is 36.8 Å². The average molecular weight is 477 g/mol. The van der Waals surface area contributed by atoms with Crippen LogP contribution in [0.4, 0.5) is 4.79 Å². The van der Waals surface area contributed by atoms with Crippen LogP contribution in [0.15, 0.2) is 48.5 Å². The zero-order valence-electron chi connectivity index (χ0n) is 19.3. The van der Waals surface area contributed by atoms with Crippen molar-refractivity contribution >= 4 is 18.0 Å². The van der Waals surface area contributed by atoms with E-state index in [4.69, 9.17) is 9.47 Å². The van der Waals surface area contributed by atoms with E-state index in [-0.39, 0.29) is 37.6 Å². The highest BCUT2D eigenvalue weighted by Gasteiger charge is 2.67. The Morgan fingerprint density at radius 2 is 1.74 bits per heavy atom. The molecule has 6 rings (SSSR count). The van der Waals surface area contributed by atoms with Crippen LogP contribution in [0.5, 0.6) is 0 Å². The number of piperidine rings is 1. The van der Waals surface area contributed by atoms with Crippen molar-refractivity contribution in [1.29, 1.82) is 0 Å². The third-order valence-electron chi connectivity index (χ3n) is 8.17. The van der Waals surface area contributed by atoms with Crippen LogP contribution in [-0.2, 0) is 19.1 Å². The number of nitrogens with zero attached hydrogens (tertiary/aromatic N) is 1. The molecular formula is C27H28N2O6. The molecule has 1 saturated carbocycles. The van der Waals surface area contributed by atoms with E-state index >= 15 is 0 Å². The summed E-state index contributed by atoms with van der Waals surface area (Å²) in [4.78, 5) is 39.6. The molecule has 2 heterocycles. The first-order valence-corrected chi connectivity index (χ1v) is 12.2. The van der Waals surface area contributed by atoms with Gasteiger partial charge in [-0.1, -0.05) is 48.5 Å². The van der Waals surface area contributed by atoms with E-state index < -0.39 is 29.6 Å². The lowest BCUT2D eigenvalue weighted by Crippen LogP contribution is -2.56. The fourth-order valence-corrected chi connectivity index (χ4v) is 6.30. The van der Waals surface area contributed by atoms with Gasteiger partial charge in [-0.3, -0.25) is 4.79 Å². The molecule has 182 valence electrons. The van der Waals surface area contributed by atoms with E-state index in [1.807, 2.05) is 24.3 Å². The summed E-state index contributed by atoms with van der Waals surface area (Å²) in [6, 6.07) is 15.7. The normalized spacial score (nSPS) is 28.6. The molecule has 3 fully saturated rings. The molecule has 4 atom stereocenters. The summed E-state index contributed by atoms with van der Waals surface area (Å²) < 4.78 is 11.2.